The molecule has 0 aromatic carbocycles. The normalized spacial score (nSPS) is 13.0. The first-order chi connectivity index (χ1) is 10.4. The quantitative estimate of drug-likeness (QED) is 0.220. The molecule has 0 rings (SSSR count). The third kappa shape index (κ3) is 8.08. The van der Waals surface area contributed by atoms with E-state index in [1.807, 2.05) is 20.8 Å². The Morgan fingerprint density at radius 2 is 1.59 bits per heavy atom. The smallest absolute Gasteiger partial charge is 0.433 e. The lowest BCUT2D eigenvalue weighted by Crippen LogP contribution is -2.49. The number of rotatable bonds is 13. The molecule has 0 spiro atoms. The van der Waals surface area contributed by atoms with Crippen molar-refractivity contribution >= 4 is 14.8 Å². The third-order valence-corrected chi connectivity index (χ3v) is 5.86. The van der Waals surface area contributed by atoms with E-state index in [2.05, 4.69) is 13.5 Å². The van der Waals surface area contributed by atoms with E-state index >= 15 is 0 Å². The molecule has 0 saturated carbocycles. The van der Waals surface area contributed by atoms with E-state index in [1.165, 1.54) is 0 Å². The summed E-state index contributed by atoms with van der Waals surface area (Å²) >= 11 is 0. The van der Waals surface area contributed by atoms with Crippen LogP contribution >= 0.6 is 0 Å². The second-order valence-corrected chi connectivity index (χ2v) is 7.95. The summed E-state index contributed by atoms with van der Waals surface area (Å²) in [6.45, 7) is 14.4. The summed E-state index contributed by atoms with van der Waals surface area (Å²) in [4.78, 5) is 11.7. The summed E-state index contributed by atoms with van der Waals surface area (Å²) in [6, 6.07) is 0.716. The molecule has 1 atom stereocenters. The number of carbonyl (C=O) groups excluding carboxylic acids is 1. The van der Waals surface area contributed by atoms with Crippen molar-refractivity contribution in [2.75, 3.05) is 13.2 Å². The Bertz CT molecular complexity index is 324. The van der Waals surface area contributed by atoms with E-state index in [1.54, 1.807) is 6.92 Å². The van der Waals surface area contributed by atoms with E-state index in [0.29, 0.717) is 31.3 Å². The third-order valence-electron chi connectivity index (χ3n) is 2.84. The van der Waals surface area contributed by atoms with Crippen LogP contribution in [0.4, 0.5) is 0 Å². The Kier molecular flexibility index (Phi) is 11.4. The Labute approximate surface area is 136 Å². The van der Waals surface area contributed by atoms with E-state index in [-0.39, 0.29) is 0 Å². The first-order valence-corrected chi connectivity index (χ1v) is 10.2. The summed E-state index contributed by atoms with van der Waals surface area (Å²) in [7, 11) is -2.83. The van der Waals surface area contributed by atoms with E-state index in [0.717, 1.165) is 19.3 Å². The minimum Gasteiger partial charge on any atom is -0.433 e. The van der Waals surface area contributed by atoms with Crippen LogP contribution in [0.15, 0.2) is 12.2 Å². The van der Waals surface area contributed by atoms with Gasteiger partial charge in [-0.25, -0.2) is 4.79 Å². The number of ether oxygens (including phenoxy) is 1. The highest BCUT2D eigenvalue weighted by atomic mass is 28.4. The Morgan fingerprint density at radius 1 is 1.05 bits per heavy atom. The molecular weight excluding hydrogens is 300 g/mol. The average Bonchev–Trinajstić information content (AvgIpc) is 2.50. The van der Waals surface area contributed by atoms with Crippen LogP contribution in [0.5, 0.6) is 0 Å². The zero-order valence-electron chi connectivity index (χ0n) is 14.8. The van der Waals surface area contributed by atoms with Gasteiger partial charge in [-0.1, -0.05) is 40.7 Å². The summed E-state index contributed by atoms with van der Waals surface area (Å²) in [5, 5.41) is 0. The molecule has 22 heavy (non-hydrogen) atoms. The van der Waals surface area contributed by atoms with Gasteiger partial charge < -0.3 is 18.0 Å². The largest absolute Gasteiger partial charge is 0.503 e. The Balaban J connectivity index is 5.00. The van der Waals surface area contributed by atoms with Gasteiger partial charge in [0.25, 0.3) is 0 Å². The molecule has 0 N–H and O–H groups in total. The van der Waals surface area contributed by atoms with Crippen LogP contribution in [0, 0.1) is 0 Å². The lowest BCUT2D eigenvalue weighted by molar-refractivity contribution is -0.166. The van der Waals surface area contributed by atoms with E-state index in [9.17, 15) is 4.79 Å². The average molecular weight is 333 g/mol. The molecule has 0 aliphatic rings. The molecule has 6 heteroatoms. The Hall–Kier alpha value is -0.693. The van der Waals surface area contributed by atoms with Gasteiger partial charge >= 0.3 is 14.8 Å². The van der Waals surface area contributed by atoms with Crippen molar-refractivity contribution in [2.24, 2.45) is 0 Å². The summed E-state index contributed by atoms with van der Waals surface area (Å²) in [5.74, 6) is -0.447. The van der Waals surface area contributed by atoms with Crippen molar-refractivity contribution in [2.45, 2.75) is 72.6 Å². The maximum Gasteiger partial charge on any atom is 0.503 e. The van der Waals surface area contributed by atoms with Gasteiger partial charge in [-0.15, -0.1) is 0 Å². The SMILES string of the molecule is C=C(C)C(=O)OC(CC)O[Si](CCC)(OCCC)OCCC. The van der Waals surface area contributed by atoms with E-state index < -0.39 is 21.1 Å². The topological polar surface area (TPSA) is 54.0 Å². The van der Waals surface area contributed by atoms with Gasteiger partial charge in [0.1, 0.15) is 0 Å². The molecule has 0 aromatic rings. The van der Waals surface area contributed by atoms with Crippen molar-refractivity contribution < 1.29 is 22.8 Å². The molecule has 5 nitrogen and oxygen atoms in total. The van der Waals surface area contributed by atoms with E-state index in [4.69, 9.17) is 18.0 Å². The van der Waals surface area contributed by atoms with Gasteiger partial charge in [0.05, 0.1) is 0 Å². The highest BCUT2D eigenvalue weighted by Crippen LogP contribution is 2.22. The van der Waals surface area contributed by atoms with Gasteiger partial charge in [-0.05, 0) is 19.8 Å². The maximum absolute atomic E-state index is 11.7. The van der Waals surface area contributed by atoms with Crippen molar-refractivity contribution in [3.8, 4) is 0 Å². The second-order valence-electron chi connectivity index (χ2n) is 5.27. The zero-order valence-corrected chi connectivity index (χ0v) is 15.8. The second kappa shape index (κ2) is 11.8. The van der Waals surface area contributed by atoms with Crippen LogP contribution in [0.1, 0.15) is 60.3 Å². The molecule has 0 aromatic heterocycles. The fourth-order valence-electron chi connectivity index (χ4n) is 1.75. The lowest BCUT2D eigenvalue weighted by atomic mass is 10.3. The fourth-order valence-corrected chi connectivity index (χ4v) is 4.63. The standard InChI is InChI=1S/C16H32O5Si/c1-7-11-18-22(13-9-3,19-12-8-2)21-15(10-4)20-16(17)14(5)6/h15H,5,7-13H2,1-4,6H3. The van der Waals surface area contributed by atoms with Crippen LogP contribution in [0.2, 0.25) is 6.04 Å². The van der Waals surface area contributed by atoms with Crippen molar-refractivity contribution in [1.29, 1.82) is 0 Å². The molecule has 130 valence electrons. The van der Waals surface area contributed by atoms with Gasteiger partial charge in [0, 0.05) is 31.3 Å². The Morgan fingerprint density at radius 3 is 1.95 bits per heavy atom. The minimum atomic E-state index is -2.83. The highest BCUT2D eigenvalue weighted by Gasteiger charge is 2.43. The summed E-state index contributed by atoms with van der Waals surface area (Å²) < 4.78 is 23.4. The number of esters is 1. The lowest BCUT2D eigenvalue weighted by Gasteiger charge is -2.32. The number of hydrogen-bond acceptors (Lipinski definition) is 5. The molecule has 0 heterocycles. The molecule has 0 bridgehead atoms. The van der Waals surface area contributed by atoms with Crippen LogP contribution < -0.4 is 0 Å². The number of carbonyl (C=O) groups is 1. The van der Waals surface area contributed by atoms with Crippen molar-refractivity contribution in [3.05, 3.63) is 12.2 Å². The first kappa shape index (κ1) is 21.3. The molecule has 0 aliphatic carbocycles. The highest BCUT2D eigenvalue weighted by molar-refractivity contribution is 6.60. The van der Waals surface area contributed by atoms with Crippen LogP contribution in [-0.2, 0) is 22.8 Å². The molecule has 0 aliphatic heterocycles. The van der Waals surface area contributed by atoms with Crippen molar-refractivity contribution in [3.63, 3.8) is 0 Å². The van der Waals surface area contributed by atoms with Crippen LogP contribution in [0.25, 0.3) is 0 Å². The minimum absolute atomic E-state index is 0.355. The maximum atomic E-state index is 11.7. The fraction of sp³-hybridized carbons (Fsp3) is 0.812. The summed E-state index contributed by atoms with van der Waals surface area (Å²) in [5.41, 5.74) is 0.355. The molecular formula is C16H32O5Si. The number of hydrogen-bond donors (Lipinski definition) is 0. The molecule has 0 amide bonds. The van der Waals surface area contributed by atoms with Crippen molar-refractivity contribution in [1.82, 2.24) is 0 Å². The molecule has 1 unspecified atom stereocenters. The monoisotopic (exact) mass is 332 g/mol. The molecule has 0 saturated heterocycles. The predicted molar refractivity (Wildman–Crippen MR) is 89.4 cm³/mol. The molecule has 0 radical (unpaired) electrons. The van der Waals surface area contributed by atoms with Gasteiger partial charge in [0.15, 0.2) is 6.29 Å². The predicted octanol–water partition coefficient (Wildman–Crippen LogP) is 4.06. The summed E-state index contributed by atoms with van der Waals surface area (Å²) in [6.07, 6.45) is 2.56. The van der Waals surface area contributed by atoms with Gasteiger partial charge in [-0.3, -0.25) is 0 Å². The molecule has 0 fully saturated rings. The van der Waals surface area contributed by atoms with Crippen LogP contribution in [0.3, 0.4) is 0 Å². The zero-order chi connectivity index (χ0) is 17.0. The van der Waals surface area contributed by atoms with Gasteiger partial charge in [0.2, 0.25) is 0 Å². The van der Waals surface area contributed by atoms with Gasteiger partial charge in [-0.2, -0.15) is 0 Å². The van der Waals surface area contributed by atoms with Crippen LogP contribution in [-0.4, -0.2) is 34.3 Å². The first-order valence-electron chi connectivity index (χ1n) is 8.26.